The molecule has 1 heterocycles. The molecule has 0 aliphatic rings. The van der Waals surface area contributed by atoms with Gasteiger partial charge in [-0.2, -0.15) is 0 Å². The fourth-order valence-electron chi connectivity index (χ4n) is 1.60. The van der Waals surface area contributed by atoms with Crippen molar-refractivity contribution in [1.29, 1.82) is 0 Å². The van der Waals surface area contributed by atoms with Crippen molar-refractivity contribution in [2.45, 2.75) is 6.92 Å². The van der Waals surface area contributed by atoms with Crippen LogP contribution in [-0.2, 0) is 0 Å². The quantitative estimate of drug-likeness (QED) is 0.714. The van der Waals surface area contributed by atoms with E-state index in [9.17, 15) is 0 Å². The van der Waals surface area contributed by atoms with E-state index in [1.165, 1.54) is 11.1 Å². The van der Waals surface area contributed by atoms with E-state index >= 15 is 0 Å². The van der Waals surface area contributed by atoms with Crippen molar-refractivity contribution >= 4 is 5.57 Å². The van der Waals surface area contributed by atoms with Crippen LogP contribution in [0.3, 0.4) is 0 Å². The maximum atomic E-state index is 4.36. The van der Waals surface area contributed by atoms with Gasteiger partial charge in [-0.15, -0.1) is 0 Å². The number of benzene rings is 1. The monoisotopic (exact) mass is 195 g/mol. The highest BCUT2D eigenvalue weighted by Gasteiger charge is 2.02. The molecule has 15 heavy (non-hydrogen) atoms. The van der Waals surface area contributed by atoms with Gasteiger partial charge in [-0.25, -0.2) is 0 Å². The second-order valence-corrected chi connectivity index (χ2v) is 3.28. The molecule has 0 spiro atoms. The third-order valence-electron chi connectivity index (χ3n) is 2.31. The smallest absolute Gasteiger partial charge is 0.0704 e. The van der Waals surface area contributed by atoms with Crippen molar-refractivity contribution in [2.24, 2.45) is 0 Å². The van der Waals surface area contributed by atoms with Crippen molar-refractivity contribution in [3.05, 3.63) is 72.1 Å². The zero-order valence-corrected chi connectivity index (χ0v) is 8.72. The normalized spacial score (nSPS) is 11.4. The van der Waals surface area contributed by atoms with Crippen LogP contribution in [-0.4, -0.2) is 4.98 Å². The Morgan fingerprint density at radius 3 is 2.33 bits per heavy atom. The molecule has 0 N–H and O–H groups in total. The lowest BCUT2D eigenvalue weighted by molar-refractivity contribution is 1.27. The number of rotatable bonds is 2. The molecule has 0 saturated carbocycles. The van der Waals surface area contributed by atoms with Gasteiger partial charge in [-0.3, -0.25) is 4.98 Å². The van der Waals surface area contributed by atoms with E-state index in [0.29, 0.717) is 0 Å². The largest absolute Gasteiger partial charge is 0.256 e. The van der Waals surface area contributed by atoms with Crippen LogP contribution < -0.4 is 0 Å². The average molecular weight is 195 g/mol. The van der Waals surface area contributed by atoms with Gasteiger partial charge in [0.25, 0.3) is 0 Å². The van der Waals surface area contributed by atoms with Gasteiger partial charge in [0.15, 0.2) is 0 Å². The standard InChI is InChI=1S/C14H13N/c1-2-13(12-8-4-3-5-9-12)14-10-6-7-11-15-14/h2-11H,1H3/b13-2+. The Kier molecular flexibility index (Phi) is 2.93. The zero-order chi connectivity index (χ0) is 10.5. The molecule has 0 fully saturated rings. The van der Waals surface area contributed by atoms with Crippen LogP contribution in [0.1, 0.15) is 18.2 Å². The van der Waals surface area contributed by atoms with E-state index in [4.69, 9.17) is 0 Å². The highest BCUT2D eigenvalue weighted by molar-refractivity contribution is 5.77. The molecule has 0 aliphatic carbocycles. The Labute approximate surface area is 90.1 Å². The molecule has 2 aromatic rings. The van der Waals surface area contributed by atoms with E-state index in [-0.39, 0.29) is 0 Å². The molecule has 1 heteroatoms. The number of pyridine rings is 1. The molecule has 0 aliphatic heterocycles. The predicted molar refractivity (Wildman–Crippen MR) is 63.4 cm³/mol. The molecule has 0 saturated heterocycles. The first kappa shape index (κ1) is 9.66. The van der Waals surface area contributed by atoms with E-state index < -0.39 is 0 Å². The molecule has 0 unspecified atom stereocenters. The maximum Gasteiger partial charge on any atom is 0.0704 e. The summed E-state index contributed by atoms with van der Waals surface area (Å²) in [6.45, 7) is 2.04. The van der Waals surface area contributed by atoms with Gasteiger partial charge in [-0.1, -0.05) is 42.5 Å². The lowest BCUT2D eigenvalue weighted by atomic mass is 10.0. The van der Waals surface area contributed by atoms with E-state index in [2.05, 4.69) is 23.2 Å². The van der Waals surface area contributed by atoms with Crippen LogP contribution in [0.15, 0.2) is 60.8 Å². The first-order chi connectivity index (χ1) is 7.42. The van der Waals surface area contributed by atoms with Gasteiger partial charge in [0, 0.05) is 11.8 Å². The molecule has 74 valence electrons. The number of nitrogens with zero attached hydrogens (tertiary/aromatic N) is 1. The second kappa shape index (κ2) is 4.56. The Balaban J connectivity index is 2.44. The Hall–Kier alpha value is -1.89. The predicted octanol–water partition coefficient (Wildman–Crippen LogP) is 3.53. The molecule has 1 nitrogen and oxygen atoms in total. The van der Waals surface area contributed by atoms with Gasteiger partial charge in [0.2, 0.25) is 0 Å². The first-order valence-electron chi connectivity index (χ1n) is 5.05. The topological polar surface area (TPSA) is 12.9 Å². The van der Waals surface area contributed by atoms with Crippen LogP contribution in [0, 0.1) is 0 Å². The number of hydrogen-bond donors (Lipinski definition) is 0. The summed E-state index contributed by atoms with van der Waals surface area (Å²) in [6.07, 6.45) is 3.92. The minimum atomic E-state index is 1.02. The highest BCUT2D eigenvalue weighted by Crippen LogP contribution is 2.20. The lowest BCUT2D eigenvalue weighted by Crippen LogP contribution is -1.89. The Morgan fingerprint density at radius 1 is 1.00 bits per heavy atom. The van der Waals surface area contributed by atoms with Gasteiger partial charge < -0.3 is 0 Å². The van der Waals surface area contributed by atoms with Crippen LogP contribution in [0.25, 0.3) is 5.57 Å². The molecule has 1 aromatic heterocycles. The van der Waals surface area contributed by atoms with Gasteiger partial charge in [0.05, 0.1) is 5.69 Å². The van der Waals surface area contributed by atoms with E-state index in [0.717, 1.165) is 5.69 Å². The van der Waals surface area contributed by atoms with Gasteiger partial charge >= 0.3 is 0 Å². The fraction of sp³-hybridized carbons (Fsp3) is 0.0714. The summed E-state index contributed by atoms with van der Waals surface area (Å²) in [4.78, 5) is 4.36. The Morgan fingerprint density at radius 2 is 1.73 bits per heavy atom. The third-order valence-corrected chi connectivity index (χ3v) is 2.31. The van der Waals surface area contributed by atoms with Gasteiger partial charge in [-0.05, 0) is 24.6 Å². The Bertz CT molecular complexity index is 402. The maximum absolute atomic E-state index is 4.36. The molecule has 0 bridgehead atoms. The van der Waals surface area contributed by atoms with Crippen molar-refractivity contribution in [3.63, 3.8) is 0 Å². The van der Waals surface area contributed by atoms with E-state index in [1.54, 1.807) is 0 Å². The number of aromatic nitrogens is 1. The fourth-order valence-corrected chi connectivity index (χ4v) is 1.60. The van der Waals surface area contributed by atoms with Crippen molar-refractivity contribution < 1.29 is 0 Å². The molecule has 0 amide bonds. The van der Waals surface area contributed by atoms with E-state index in [1.807, 2.05) is 49.5 Å². The minimum Gasteiger partial charge on any atom is -0.256 e. The molecular formula is C14H13N. The molecule has 1 aromatic carbocycles. The summed E-state index contributed by atoms with van der Waals surface area (Å²) >= 11 is 0. The van der Waals surface area contributed by atoms with Crippen LogP contribution >= 0.6 is 0 Å². The SMILES string of the molecule is C/C=C(\c1ccccc1)c1ccccn1. The molecule has 0 radical (unpaired) electrons. The van der Waals surface area contributed by atoms with Crippen LogP contribution in [0.4, 0.5) is 0 Å². The summed E-state index contributed by atoms with van der Waals surface area (Å²) in [6, 6.07) is 16.3. The average Bonchev–Trinajstić information content (AvgIpc) is 2.33. The van der Waals surface area contributed by atoms with Crippen LogP contribution in [0.2, 0.25) is 0 Å². The summed E-state index contributed by atoms with van der Waals surface area (Å²) < 4.78 is 0. The number of allylic oxidation sites excluding steroid dienone is 1. The summed E-state index contributed by atoms with van der Waals surface area (Å²) in [7, 11) is 0. The zero-order valence-electron chi connectivity index (χ0n) is 8.72. The third kappa shape index (κ3) is 2.13. The summed E-state index contributed by atoms with van der Waals surface area (Å²) in [5.41, 5.74) is 3.40. The van der Waals surface area contributed by atoms with Crippen LogP contribution in [0.5, 0.6) is 0 Å². The minimum absolute atomic E-state index is 1.02. The highest BCUT2D eigenvalue weighted by atomic mass is 14.7. The van der Waals surface area contributed by atoms with Crippen molar-refractivity contribution in [3.8, 4) is 0 Å². The molecule has 0 atom stereocenters. The second-order valence-electron chi connectivity index (χ2n) is 3.28. The first-order valence-corrected chi connectivity index (χ1v) is 5.05. The summed E-state index contributed by atoms with van der Waals surface area (Å²) in [5, 5.41) is 0. The van der Waals surface area contributed by atoms with Crippen molar-refractivity contribution in [2.75, 3.05) is 0 Å². The van der Waals surface area contributed by atoms with Gasteiger partial charge in [0.1, 0.15) is 0 Å². The number of hydrogen-bond acceptors (Lipinski definition) is 1. The summed E-state index contributed by atoms with van der Waals surface area (Å²) in [5.74, 6) is 0. The molecule has 2 rings (SSSR count). The molecular weight excluding hydrogens is 182 g/mol. The van der Waals surface area contributed by atoms with Crippen molar-refractivity contribution in [1.82, 2.24) is 4.98 Å². The lowest BCUT2D eigenvalue weighted by Gasteiger charge is -2.05.